The molecular formula is C16H17FN2O2. The zero-order valence-electron chi connectivity index (χ0n) is 11.9. The molecular weight excluding hydrogens is 271 g/mol. The van der Waals surface area contributed by atoms with E-state index in [9.17, 15) is 14.3 Å². The molecule has 21 heavy (non-hydrogen) atoms. The molecule has 0 aliphatic rings. The number of anilines is 1. The van der Waals surface area contributed by atoms with Crippen molar-refractivity contribution in [1.82, 2.24) is 0 Å². The van der Waals surface area contributed by atoms with Gasteiger partial charge in [-0.05, 0) is 43.7 Å². The maximum atomic E-state index is 13.8. The van der Waals surface area contributed by atoms with Crippen LogP contribution in [0.1, 0.15) is 34.5 Å². The third kappa shape index (κ3) is 3.31. The monoisotopic (exact) mass is 288 g/mol. The van der Waals surface area contributed by atoms with Crippen molar-refractivity contribution in [3.63, 3.8) is 0 Å². The number of amides is 1. The van der Waals surface area contributed by atoms with E-state index in [4.69, 9.17) is 5.73 Å². The number of carbonyl (C=O) groups is 1. The predicted molar refractivity (Wildman–Crippen MR) is 79.8 cm³/mol. The number of nitrogens with two attached hydrogens (primary N) is 1. The maximum Gasteiger partial charge on any atom is 0.248 e. The Morgan fingerprint density at radius 2 is 2.00 bits per heavy atom. The topological polar surface area (TPSA) is 75.4 Å². The number of aryl methyl sites for hydroxylation is 1. The van der Waals surface area contributed by atoms with E-state index in [0.29, 0.717) is 11.1 Å². The normalized spacial score (nSPS) is 12.0. The van der Waals surface area contributed by atoms with Crippen molar-refractivity contribution in [1.29, 1.82) is 0 Å². The Morgan fingerprint density at radius 3 is 2.57 bits per heavy atom. The fourth-order valence-corrected chi connectivity index (χ4v) is 2.16. The number of hydrogen-bond acceptors (Lipinski definition) is 3. The van der Waals surface area contributed by atoms with E-state index in [-0.39, 0.29) is 11.8 Å². The fourth-order valence-electron chi connectivity index (χ4n) is 2.16. The molecule has 0 heterocycles. The Kier molecular flexibility index (Phi) is 4.12. The van der Waals surface area contributed by atoms with Gasteiger partial charge in [-0.15, -0.1) is 0 Å². The summed E-state index contributed by atoms with van der Waals surface area (Å²) in [4.78, 5) is 11.1. The van der Waals surface area contributed by atoms with E-state index >= 15 is 0 Å². The molecule has 0 saturated carbocycles. The van der Waals surface area contributed by atoms with Crippen LogP contribution in [0.2, 0.25) is 0 Å². The lowest BCUT2D eigenvalue weighted by Gasteiger charge is -2.18. The van der Waals surface area contributed by atoms with Crippen molar-refractivity contribution in [3.8, 4) is 5.75 Å². The number of phenolic OH excluding ortho intramolecular Hbond substituents is 1. The third-order valence-corrected chi connectivity index (χ3v) is 3.33. The van der Waals surface area contributed by atoms with Crippen LogP contribution in [0, 0.1) is 12.7 Å². The molecule has 1 unspecified atom stereocenters. The van der Waals surface area contributed by atoms with E-state index < -0.39 is 11.7 Å². The zero-order valence-corrected chi connectivity index (χ0v) is 11.9. The Labute approximate surface area is 122 Å². The number of hydrogen-bond donors (Lipinski definition) is 3. The maximum absolute atomic E-state index is 13.8. The average molecular weight is 288 g/mol. The Balaban J connectivity index is 2.23. The van der Waals surface area contributed by atoms with Crippen molar-refractivity contribution >= 4 is 11.6 Å². The van der Waals surface area contributed by atoms with E-state index in [2.05, 4.69) is 5.32 Å². The average Bonchev–Trinajstić information content (AvgIpc) is 2.40. The molecule has 2 aromatic rings. The summed E-state index contributed by atoms with van der Waals surface area (Å²) in [6, 6.07) is 8.82. The quantitative estimate of drug-likeness (QED) is 0.809. The van der Waals surface area contributed by atoms with Crippen LogP contribution in [-0.2, 0) is 0 Å². The molecule has 1 atom stereocenters. The lowest BCUT2D eigenvalue weighted by atomic mass is 10.0. The van der Waals surface area contributed by atoms with Gasteiger partial charge >= 0.3 is 0 Å². The first kappa shape index (κ1) is 14.8. The van der Waals surface area contributed by atoms with Gasteiger partial charge < -0.3 is 16.2 Å². The van der Waals surface area contributed by atoms with Gasteiger partial charge in [0.05, 0.1) is 6.04 Å². The number of primary amides is 1. The first-order valence-electron chi connectivity index (χ1n) is 6.54. The van der Waals surface area contributed by atoms with Gasteiger partial charge in [0.25, 0.3) is 0 Å². The highest BCUT2D eigenvalue weighted by atomic mass is 19.1. The SMILES string of the molecule is Cc1cc(C(N)=O)ccc1NC(C)c1ccc(O)cc1F. The first-order chi connectivity index (χ1) is 9.88. The number of aromatic hydroxyl groups is 1. The van der Waals surface area contributed by atoms with Gasteiger partial charge in [-0.25, -0.2) is 4.39 Å². The van der Waals surface area contributed by atoms with Gasteiger partial charge in [-0.1, -0.05) is 6.07 Å². The van der Waals surface area contributed by atoms with Crippen molar-refractivity contribution in [2.24, 2.45) is 5.73 Å². The molecule has 0 radical (unpaired) electrons. The van der Waals surface area contributed by atoms with E-state index in [1.807, 2.05) is 13.8 Å². The molecule has 0 bridgehead atoms. The number of carbonyl (C=O) groups excluding carboxylic acids is 1. The number of halogens is 1. The van der Waals surface area contributed by atoms with Crippen LogP contribution in [0.5, 0.6) is 5.75 Å². The van der Waals surface area contributed by atoms with Crippen molar-refractivity contribution in [3.05, 3.63) is 58.9 Å². The number of rotatable bonds is 4. The van der Waals surface area contributed by atoms with Gasteiger partial charge in [-0.2, -0.15) is 0 Å². The molecule has 0 spiro atoms. The summed E-state index contributed by atoms with van der Waals surface area (Å²) >= 11 is 0. The molecule has 0 fully saturated rings. The zero-order chi connectivity index (χ0) is 15.6. The van der Waals surface area contributed by atoms with Crippen LogP contribution < -0.4 is 11.1 Å². The minimum absolute atomic E-state index is 0.106. The summed E-state index contributed by atoms with van der Waals surface area (Å²) in [6.45, 7) is 3.66. The molecule has 0 aliphatic heterocycles. The van der Waals surface area contributed by atoms with Crippen molar-refractivity contribution in [2.75, 3.05) is 5.32 Å². The Bertz CT molecular complexity index is 686. The minimum Gasteiger partial charge on any atom is -0.508 e. The van der Waals surface area contributed by atoms with Gasteiger partial charge in [0.15, 0.2) is 0 Å². The summed E-state index contributed by atoms with van der Waals surface area (Å²) in [5, 5.41) is 12.4. The molecule has 4 N–H and O–H groups in total. The van der Waals surface area contributed by atoms with Gasteiger partial charge in [0.2, 0.25) is 5.91 Å². The van der Waals surface area contributed by atoms with Crippen molar-refractivity contribution in [2.45, 2.75) is 19.9 Å². The smallest absolute Gasteiger partial charge is 0.248 e. The van der Waals surface area contributed by atoms with E-state index in [1.54, 1.807) is 18.2 Å². The van der Waals surface area contributed by atoms with Gasteiger partial charge in [0, 0.05) is 22.9 Å². The van der Waals surface area contributed by atoms with E-state index in [1.165, 1.54) is 12.1 Å². The highest BCUT2D eigenvalue weighted by Gasteiger charge is 2.13. The lowest BCUT2D eigenvalue weighted by molar-refractivity contribution is 0.1000. The molecule has 0 saturated heterocycles. The second-order valence-electron chi connectivity index (χ2n) is 4.97. The molecule has 2 rings (SSSR count). The Hall–Kier alpha value is -2.56. The second kappa shape index (κ2) is 5.83. The van der Waals surface area contributed by atoms with Crippen LogP contribution in [0.4, 0.5) is 10.1 Å². The van der Waals surface area contributed by atoms with Crippen LogP contribution in [-0.4, -0.2) is 11.0 Å². The highest BCUT2D eigenvalue weighted by molar-refractivity contribution is 5.93. The van der Waals surface area contributed by atoms with Crippen LogP contribution in [0.3, 0.4) is 0 Å². The molecule has 4 nitrogen and oxygen atoms in total. The molecule has 1 amide bonds. The minimum atomic E-state index is -0.484. The lowest BCUT2D eigenvalue weighted by Crippen LogP contribution is -2.13. The fraction of sp³-hybridized carbons (Fsp3) is 0.188. The first-order valence-corrected chi connectivity index (χ1v) is 6.54. The Morgan fingerprint density at radius 1 is 1.29 bits per heavy atom. The summed E-state index contributed by atoms with van der Waals surface area (Å²) in [6.07, 6.45) is 0. The molecule has 2 aromatic carbocycles. The van der Waals surface area contributed by atoms with Gasteiger partial charge in [-0.3, -0.25) is 4.79 Å². The van der Waals surface area contributed by atoms with Crippen LogP contribution in [0.25, 0.3) is 0 Å². The molecule has 5 heteroatoms. The van der Waals surface area contributed by atoms with Crippen molar-refractivity contribution < 1.29 is 14.3 Å². The predicted octanol–water partition coefficient (Wildman–Crippen LogP) is 3.11. The summed E-state index contributed by atoms with van der Waals surface area (Å²) in [5.74, 6) is -1.06. The van der Waals surface area contributed by atoms with E-state index in [0.717, 1.165) is 17.3 Å². The second-order valence-corrected chi connectivity index (χ2v) is 4.97. The van der Waals surface area contributed by atoms with Crippen LogP contribution >= 0.6 is 0 Å². The number of phenols is 1. The molecule has 0 aromatic heterocycles. The number of benzene rings is 2. The van der Waals surface area contributed by atoms with Crippen LogP contribution in [0.15, 0.2) is 36.4 Å². The third-order valence-electron chi connectivity index (χ3n) is 3.33. The largest absolute Gasteiger partial charge is 0.508 e. The van der Waals surface area contributed by atoms with Gasteiger partial charge in [0.1, 0.15) is 11.6 Å². The highest BCUT2D eigenvalue weighted by Crippen LogP contribution is 2.26. The summed E-state index contributed by atoms with van der Waals surface area (Å²) in [7, 11) is 0. The molecule has 110 valence electrons. The molecule has 0 aliphatic carbocycles. The summed E-state index contributed by atoms with van der Waals surface area (Å²) < 4.78 is 13.8. The standard InChI is InChI=1S/C16H17FN2O2/c1-9-7-11(16(18)21)3-6-15(9)19-10(2)13-5-4-12(20)8-14(13)17/h3-8,10,19-20H,1-2H3,(H2,18,21). The summed E-state index contributed by atoms with van der Waals surface area (Å²) in [5.41, 5.74) is 7.74. The number of nitrogens with one attached hydrogen (secondary N) is 1.